The Bertz CT molecular complexity index is 215. The van der Waals surface area contributed by atoms with Gasteiger partial charge in [0.2, 0.25) is 5.91 Å². The standard InChI is InChI=1S/C13H29N3O/c1-7-16(8-2)13(17)12(5)14-9-10-15(6)11(3)4/h11-12,14H,7-10H2,1-6H3. The Morgan fingerprint density at radius 1 is 1.18 bits per heavy atom. The van der Waals surface area contributed by atoms with Gasteiger partial charge in [-0.15, -0.1) is 0 Å². The smallest absolute Gasteiger partial charge is 0.239 e. The van der Waals surface area contributed by atoms with Gasteiger partial charge in [0.25, 0.3) is 0 Å². The number of hydrogen-bond donors (Lipinski definition) is 1. The molecule has 4 heteroatoms. The number of rotatable bonds is 8. The molecule has 0 radical (unpaired) electrons. The first-order valence-electron chi connectivity index (χ1n) is 6.66. The first-order chi connectivity index (χ1) is 7.93. The predicted octanol–water partition coefficient (Wildman–Crippen LogP) is 1.17. The molecule has 0 saturated carbocycles. The molecule has 0 aliphatic heterocycles. The lowest BCUT2D eigenvalue weighted by molar-refractivity contribution is -0.132. The Hall–Kier alpha value is -0.610. The molecule has 4 nitrogen and oxygen atoms in total. The molecule has 0 aliphatic rings. The molecule has 0 bridgehead atoms. The average molecular weight is 243 g/mol. The van der Waals surface area contributed by atoms with Gasteiger partial charge in [-0.1, -0.05) is 0 Å². The topological polar surface area (TPSA) is 35.6 Å². The van der Waals surface area contributed by atoms with Gasteiger partial charge in [-0.05, 0) is 41.7 Å². The molecule has 0 aliphatic carbocycles. The molecule has 0 fully saturated rings. The van der Waals surface area contributed by atoms with E-state index in [1.54, 1.807) is 0 Å². The number of nitrogens with zero attached hydrogens (tertiary/aromatic N) is 2. The zero-order valence-corrected chi connectivity index (χ0v) is 12.3. The minimum absolute atomic E-state index is 0.0875. The fraction of sp³-hybridized carbons (Fsp3) is 0.923. The van der Waals surface area contributed by atoms with E-state index < -0.39 is 0 Å². The molecule has 0 spiro atoms. The van der Waals surface area contributed by atoms with Crippen LogP contribution in [0.4, 0.5) is 0 Å². The van der Waals surface area contributed by atoms with Crippen molar-refractivity contribution in [1.82, 2.24) is 15.1 Å². The van der Waals surface area contributed by atoms with E-state index in [9.17, 15) is 4.79 Å². The highest BCUT2D eigenvalue weighted by molar-refractivity contribution is 5.81. The van der Waals surface area contributed by atoms with E-state index in [2.05, 4.69) is 31.1 Å². The molecule has 0 rings (SSSR count). The maximum absolute atomic E-state index is 12.0. The highest BCUT2D eigenvalue weighted by Crippen LogP contribution is 1.95. The van der Waals surface area contributed by atoms with Crippen LogP contribution in [0.5, 0.6) is 0 Å². The molecule has 1 N–H and O–H groups in total. The van der Waals surface area contributed by atoms with Crippen molar-refractivity contribution in [2.75, 3.05) is 33.2 Å². The van der Waals surface area contributed by atoms with Gasteiger partial charge in [0.05, 0.1) is 6.04 Å². The average Bonchev–Trinajstić information content (AvgIpc) is 2.29. The molecule has 1 unspecified atom stereocenters. The Labute approximate surface area is 106 Å². The molecule has 0 saturated heterocycles. The van der Waals surface area contributed by atoms with Gasteiger partial charge in [-0.3, -0.25) is 4.79 Å². The lowest BCUT2D eigenvalue weighted by atomic mass is 10.2. The van der Waals surface area contributed by atoms with Gasteiger partial charge < -0.3 is 15.1 Å². The van der Waals surface area contributed by atoms with Crippen LogP contribution in [0.2, 0.25) is 0 Å². The lowest BCUT2D eigenvalue weighted by Crippen LogP contribution is -2.46. The number of carbonyl (C=O) groups excluding carboxylic acids is 1. The first-order valence-corrected chi connectivity index (χ1v) is 6.66. The van der Waals surface area contributed by atoms with Crippen LogP contribution in [0.25, 0.3) is 0 Å². The maximum Gasteiger partial charge on any atom is 0.239 e. The third kappa shape index (κ3) is 6.03. The normalized spacial score (nSPS) is 13.2. The number of nitrogens with one attached hydrogen (secondary N) is 1. The van der Waals surface area contributed by atoms with Crippen LogP contribution >= 0.6 is 0 Å². The van der Waals surface area contributed by atoms with Gasteiger partial charge in [0.15, 0.2) is 0 Å². The fourth-order valence-corrected chi connectivity index (χ4v) is 1.61. The molecule has 0 aromatic rings. The highest BCUT2D eigenvalue weighted by Gasteiger charge is 2.17. The molecule has 1 atom stereocenters. The van der Waals surface area contributed by atoms with Crippen LogP contribution < -0.4 is 5.32 Å². The van der Waals surface area contributed by atoms with E-state index in [1.165, 1.54) is 0 Å². The van der Waals surface area contributed by atoms with Crippen molar-refractivity contribution in [2.45, 2.75) is 46.7 Å². The lowest BCUT2D eigenvalue weighted by Gasteiger charge is -2.25. The van der Waals surface area contributed by atoms with Crippen molar-refractivity contribution in [1.29, 1.82) is 0 Å². The van der Waals surface area contributed by atoms with Crippen LogP contribution in [-0.4, -0.2) is 61.0 Å². The molecule has 0 aromatic carbocycles. The Morgan fingerprint density at radius 3 is 2.12 bits per heavy atom. The van der Waals surface area contributed by atoms with Crippen molar-refractivity contribution >= 4 is 5.91 Å². The minimum Gasteiger partial charge on any atom is -0.342 e. The minimum atomic E-state index is -0.0875. The summed E-state index contributed by atoms with van der Waals surface area (Å²) in [6.07, 6.45) is 0. The Kier molecular flexibility index (Phi) is 8.17. The molecule has 17 heavy (non-hydrogen) atoms. The van der Waals surface area contributed by atoms with E-state index in [4.69, 9.17) is 0 Å². The van der Waals surface area contributed by atoms with Crippen LogP contribution in [0.3, 0.4) is 0 Å². The van der Waals surface area contributed by atoms with E-state index >= 15 is 0 Å². The summed E-state index contributed by atoms with van der Waals surface area (Å²) >= 11 is 0. The number of hydrogen-bond acceptors (Lipinski definition) is 3. The van der Waals surface area contributed by atoms with Gasteiger partial charge in [-0.2, -0.15) is 0 Å². The summed E-state index contributed by atoms with van der Waals surface area (Å²) < 4.78 is 0. The largest absolute Gasteiger partial charge is 0.342 e. The first kappa shape index (κ1) is 16.4. The molecular formula is C13H29N3O. The van der Waals surface area contributed by atoms with Crippen LogP contribution in [-0.2, 0) is 4.79 Å². The second kappa shape index (κ2) is 8.48. The number of carbonyl (C=O) groups is 1. The predicted molar refractivity (Wildman–Crippen MR) is 73.2 cm³/mol. The van der Waals surface area contributed by atoms with E-state index in [-0.39, 0.29) is 11.9 Å². The van der Waals surface area contributed by atoms with Gasteiger partial charge in [0.1, 0.15) is 0 Å². The molecule has 1 amide bonds. The quantitative estimate of drug-likeness (QED) is 0.695. The van der Waals surface area contributed by atoms with E-state index in [0.717, 1.165) is 26.2 Å². The molecule has 0 aromatic heterocycles. The summed E-state index contributed by atoms with van der Waals surface area (Å²) in [5.74, 6) is 0.196. The van der Waals surface area contributed by atoms with Crippen molar-refractivity contribution < 1.29 is 4.79 Å². The monoisotopic (exact) mass is 243 g/mol. The Balaban J connectivity index is 3.93. The summed E-state index contributed by atoms with van der Waals surface area (Å²) in [6.45, 7) is 13.7. The van der Waals surface area contributed by atoms with Gasteiger partial charge in [-0.25, -0.2) is 0 Å². The highest BCUT2D eigenvalue weighted by atomic mass is 16.2. The van der Waals surface area contributed by atoms with E-state index in [0.29, 0.717) is 6.04 Å². The van der Waals surface area contributed by atoms with Crippen molar-refractivity contribution in [3.63, 3.8) is 0 Å². The third-order valence-corrected chi connectivity index (χ3v) is 3.24. The summed E-state index contributed by atoms with van der Waals surface area (Å²) in [4.78, 5) is 16.1. The van der Waals surface area contributed by atoms with Crippen molar-refractivity contribution in [3.8, 4) is 0 Å². The molecular weight excluding hydrogens is 214 g/mol. The maximum atomic E-state index is 12.0. The summed E-state index contributed by atoms with van der Waals surface area (Å²) in [7, 11) is 2.10. The molecule has 0 heterocycles. The van der Waals surface area contributed by atoms with Crippen LogP contribution in [0.15, 0.2) is 0 Å². The van der Waals surface area contributed by atoms with Crippen LogP contribution in [0.1, 0.15) is 34.6 Å². The van der Waals surface area contributed by atoms with Gasteiger partial charge >= 0.3 is 0 Å². The summed E-state index contributed by atoms with van der Waals surface area (Å²) in [5.41, 5.74) is 0. The summed E-state index contributed by atoms with van der Waals surface area (Å²) in [5, 5.41) is 3.28. The second-order valence-corrected chi connectivity index (χ2v) is 4.76. The van der Waals surface area contributed by atoms with Crippen molar-refractivity contribution in [3.05, 3.63) is 0 Å². The Morgan fingerprint density at radius 2 is 1.71 bits per heavy atom. The number of amides is 1. The van der Waals surface area contributed by atoms with Crippen LogP contribution in [0, 0.1) is 0 Å². The SMILES string of the molecule is CCN(CC)C(=O)C(C)NCCN(C)C(C)C. The van der Waals surface area contributed by atoms with E-state index in [1.807, 2.05) is 25.7 Å². The third-order valence-electron chi connectivity index (χ3n) is 3.24. The number of likely N-dealkylation sites (N-methyl/N-ethyl adjacent to an activating group) is 2. The van der Waals surface area contributed by atoms with Crippen molar-refractivity contribution in [2.24, 2.45) is 0 Å². The zero-order valence-electron chi connectivity index (χ0n) is 12.3. The summed E-state index contributed by atoms with van der Waals surface area (Å²) in [6, 6.07) is 0.459. The second-order valence-electron chi connectivity index (χ2n) is 4.76. The zero-order chi connectivity index (χ0) is 13.4. The fourth-order valence-electron chi connectivity index (χ4n) is 1.61. The van der Waals surface area contributed by atoms with Gasteiger partial charge in [0, 0.05) is 32.2 Å². The molecule has 102 valence electrons.